The molecule has 2 heterocycles. The molecule has 0 unspecified atom stereocenters. The molecule has 0 atom stereocenters. The number of methoxy groups -OCH3 is 2. The molecule has 1 fully saturated rings. The normalized spacial score (nSPS) is 14.2. The standard InChI is InChI=1S/C23H25ClFN5O4/c1-33-19-10-15-18(11-20(19)34-2)28-22(30-7-5-13(6-8-30)12-26-23(31)32)29-21(15)27-17-4-3-14(24)9-16(17)25/h3-4,9-11,13,26H,5-8,12H2,1-2H3,(H,31,32)(H,27,28,29). The first-order chi connectivity index (χ1) is 16.4. The van der Waals surface area contributed by atoms with Crippen molar-refractivity contribution in [3.8, 4) is 11.5 Å². The van der Waals surface area contributed by atoms with Gasteiger partial charge in [0.25, 0.3) is 0 Å². The highest BCUT2D eigenvalue weighted by atomic mass is 35.5. The number of aromatic nitrogens is 2. The zero-order chi connectivity index (χ0) is 24.2. The van der Waals surface area contributed by atoms with Crippen LogP contribution in [-0.4, -0.2) is 55.0 Å². The summed E-state index contributed by atoms with van der Waals surface area (Å²) in [5, 5.41) is 15.3. The molecule has 1 aliphatic rings. The number of nitrogens with zero attached hydrogens (tertiary/aromatic N) is 3. The lowest BCUT2D eigenvalue weighted by Crippen LogP contribution is -2.39. The Labute approximate surface area is 200 Å². The molecule has 1 saturated heterocycles. The van der Waals surface area contributed by atoms with E-state index in [9.17, 15) is 9.18 Å². The molecule has 1 aliphatic heterocycles. The number of nitrogens with one attached hydrogen (secondary N) is 2. The number of ether oxygens (including phenoxy) is 2. The molecular weight excluding hydrogens is 465 g/mol. The lowest BCUT2D eigenvalue weighted by molar-refractivity contribution is 0.191. The van der Waals surface area contributed by atoms with E-state index in [1.807, 2.05) is 4.90 Å². The molecule has 0 bridgehead atoms. The highest BCUT2D eigenvalue weighted by molar-refractivity contribution is 6.30. The van der Waals surface area contributed by atoms with Gasteiger partial charge in [0.1, 0.15) is 11.6 Å². The number of amides is 1. The van der Waals surface area contributed by atoms with Gasteiger partial charge in [-0.05, 0) is 43.0 Å². The molecule has 11 heteroatoms. The molecule has 3 N–H and O–H groups in total. The maximum atomic E-state index is 14.5. The SMILES string of the molecule is COc1cc2nc(N3CCC(CNC(=O)O)CC3)nc(Nc3ccc(Cl)cc3F)c2cc1OC. The van der Waals surface area contributed by atoms with Crippen molar-refractivity contribution in [1.29, 1.82) is 0 Å². The fourth-order valence-electron chi connectivity index (χ4n) is 3.97. The number of rotatable bonds is 7. The summed E-state index contributed by atoms with van der Waals surface area (Å²) in [6, 6.07) is 7.88. The highest BCUT2D eigenvalue weighted by Crippen LogP contribution is 2.37. The van der Waals surface area contributed by atoms with E-state index in [2.05, 4.69) is 10.6 Å². The largest absolute Gasteiger partial charge is 0.493 e. The number of benzene rings is 2. The average Bonchev–Trinajstić information content (AvgIpc) is 2.83. The van der Waals surface area contributed by atoms with E-state index in [1.54, 1.807) is 31.4 Å². The number of hydrogen-bond donors (Lipinski definition) is 3. The van der Waals surface area contributed by atoms with Gasteiger partial charge in [0.05, 0.1) is 25.4 Å². The summed E-state index contributed by atoms with van der Waals surface area (Å²) in [7, 11) is 3.08. The van der Waals surface area contributed by atoms with Crippen molar-refractivity contribution in [2.24, 2.45) is 5.92 Å². The third-order valence-corrected chi connectivity index (χ3v) is 6.05. The predicted molar refractivity (Wildman–Crippen MR) is 128 cm³/mol. The lowest BCUT2D eigenvalue weighted by atomic mass is 9.97. The predicted octanol–water partition coefficient (Wildman–Crippen LogP) is 4.67. The first-order valence-corrected chi connectivity index (χ1v) is 11.1. The number of carboxylic acid groups (broad SMARTS) is 1. The number of hydrogen-bond acceptors (Lipinski definition) is 7. The van der Waals surface area contributed by atoms with Gasteiger partial charge in [0, 0.05) is 36.1 Å². The summed E-state index contributed by atoms with van der Waals surface area (Å²) in [5.41, 5.74) is 0.831. The monoisotopic (exact) mass is 489 g/mol. The van der Waals surface area contributed by atoms with Crippen molar-refractivity contribution in [3.63, 3.8) is 0 Å². The van der Waals surface area contributed by atoms with Crippen LogP contribution in [0.15, 0.2) is 30.3 Å². The number of carbonyl (C=O) groups is 1. The topological polar surface area (TPSA) is 109 Å². The number of anilines is 3. The minimum atomic E-state index is -1.02. The minimum Gasteiger partial charge on any atom is -0.493 e. The van der Waals surface area contributed by atoms with E-state index in [0.717, 1.165) is 12.8 Å². The molecule has 4 rings (SSSR count). The van der Waals surface area contributed by atoms with E-state index in [0.29, 0.717) is 58.8 Å². The summed E-state index contributed by atoms with van der Waals surface area (Å²) in [5.74, 6) is 1.66. The van der Waals surface area contributed by atoms with Gasteiger partial charge >= 0.3 is 6.09 Å². The molecular formula is C23H25ClFN5O4. The van der Waals surface area contributed by atoms with Crippen LogP contribution in [0.25, 0.3) is 10.9 Å². The van der Waals surface area contributed by atoms with Crippen LogP contribution in [0.2, 0.25) is 5.02 Å². The third-order valence-electron chi connectivity index (χ3n) is 5.81. The molecule has 3 aromatic rings. The van der Waals surface area contributed by atoms with Gasteiger partial charge in [-0.25, -0.2) is 14.2 Å². The number of fused-ring (bicyclic) bond motifs is 1. The molecule has 180 valence electrons. The van der Waals surface area contributed by atoms with E-state index >= 15 is 0 Å². The Morgan fingerprint density at radius 3 is 2.53 bits per heavy atom. The van der Waals surface area contributed by atoms with Crippen molar-refractivity contribution in [1.82, 2.24) is 15.3 Å². The number of piperidine rings is 1. The van der Waals surface area contributed by atoms with Gasteiger partial charge in [-0.1, -0.05) is 11.6 Å². The molecule has 0 aliphatic carbocycles. The Bertz CT molecular complexity index is 1200. The molecule has 1 amide bonds. The molecule has 1 aromatic heterocycles. The van der Waals surface area contributed by atoms with Crippen LogP contribution in [-0.2, 0) is 0 Å². The van der Waals surface area contributed by atoms with Crippen LogP contribution >= 0.6 is 11.6 Å². The fourth-order valence-corrected chi connectivity index (χ4v) is 4.13. The summed E-state index contributed by atoms with van der Waals surface area (Å²) in [6.07, 6.45) is 0.569. The second kappa shape index (κ2) is 10.2. The lowest BCUT2D eigenvalue weighted by Gasteiger charge is -2.32. The second-order valence-electron chi connectivity index (χ2n) is 7.96. The highest BCUT2D eigenvalue weighted by Gasteiger charge is 2.23. The van der Waals surface area contributed by atoms with Crippen molar-refractivity contribution < 1.29 is 23.8 Å². The van der Waals surface area contributed by atoms with Crippen molar-refractivity contribution in [3.05, 3.63) is 41.2 Å². The Kier molecular flexibility index (Phi) is 7.06. The quantitative estimate of drug-likeness (QED) is 0.439. The maximum absolute atomic E-state index is 14.5. The van der Waals surface area contributed by atoms with Gasteiger partial charge in [0.2, 0.25) is 5.95 Å². The van der Waals surface area contributed by atoms with Crippen molar-refractivity contribution in [2.45, 2.75) is 12.8 Å². The fraction of sp³-hybridized carbons (Fsp3) is 0.348. The van der Waals surface area contributed by atoms with E-state index in [4.69, 9.17) is 36.1 Å². The first-order valence-electron chi connectivity index (χ1n) is 10.8. The minimum absolute atomic E-state index is 0.226. The molecule has 9 nitrogen and oxygen atoms in total. The average molecular weight is 490 g/mol. The van der Waals surface area contributed by atoms with Gasteiger partial charge in [0.15, 0.2) is 11.5 Å². The zero-order valence-electron chi connectivity index (χ0n) is 18.8. The van der Waals surface area contributed by atoms with E-state index in [1.165, 1.54) is 13.2 Å². The van der Waals surface area contributed by atoms with Crippen LogP contribution in [0.4, 0.5) is 26.6 Å². The van der Waals surface area contributed by atoms with Gasteiger partial charge in [-0.2, -0.15) is 4.98 Å². The zero-order valence-corrected chi connectivity index (χ0v) is 19.5. The Morgan fingerprint density at radius 2 is 1.88 bits per heavy atom. The molecule has 0 radical (unpaired) electrons. The van der Waals surface area contributed by atoms with Crippen LogP contribution in [0.5, 0.6) is 11.5 Å². The van der Waals surface area contributed by atoms with Crippen LogP contribution < -0.4 is 25.0 Å². The second-order valence-corrected chi connectivity index (χ2v) is 8.40. The van der Waals surface area contributed by atoms with E-state index < -0.39 is 11.9 Å². The smallest absolute Gasteiger partial charge is 0.404 e. The Morgan fingerprint density at radius 1 is 1.18 bits per heavy atom. The van der Waals surface area contributed by atoms with Gasteiger partial charge in [-0.15, -0.1) is 0 Å². The molecule has 0 spiro atoms. The van der Waals surface area contributed by atoms with Crippen molar-refractivity contribution >= 4 is 46.1 Å². The Hall–Kier alpha value is -3.53. The van der Waals surface area contributed by atoms with Gasteiger partial charge < -0.3 is 30.1 Å². The third kappa shape index (κ3) is 5.17. The van der Waals surface area contributed by atoms with Crippen LogP contribution in [0.3, 0.4) is 0 Å². The summed E-state index contributed by atoms with van der Waals surface area (Å²) < 4.78 is 25.4. The molecule has 2 aromatic carbocycles. The van der Waals surface area contributed by atoms with E-state index in [-0.39, 0.29) is 11.6 Å². The van der Waals surface area contributed by atoms with Crippen LogP contribution in [0.1, 0.15) is 12.8 Å². The van der Waals surface area contributed by atoms with Crippen molar-refractivity contribution in [2.75, 3.05) is 44.1 Å². The number of halogens is 2. The molecule has 34 heavy (non-hydrogen) atoms. The van der Waals surface area contributed by atoms with Gasteiger partial charge in [-0.3, -0.25) is 0 Å². The van der Waals surface area contributed by atoms with Crippen LogP contribution in [0, 0.1) is 11.7 Å². The maximum Gasteiger partial charge on any atom is 0.404 e. The molecule has 0 saturated carbocycles. The first kappa shape index (κ1) is 23.6. The Balaban J connectivity index is 1.69. The summed E-state index contributed by atoms with van der Waals surface area (Å²) in [4.78, 5) is 22.3. The summed E-state index contributed by atoms with van der Waals surface area (Å²) in [6.45, 7) is 1.75. The summed E-state index contributed by atoms with van der Waals surface area (Å²) >= 11 is 5.90.